The summed E-state index contributed by atoms with van der Waals surface area (Å²) in [6.45, 7) is 2.40. The number of carbonyl (C=O) groups excluding carboxylic acids is 9. The first kappa shape index (κ1) is 68.3. The number of H-pyrrole nitrogens is 1. The zero-order valence-electron chi connectivity index (χ0n) is 47.6. The fourth-order valence-electron chi connectivity index (χ4n) is 9.14. The van der Waals surface area contributed by atoms with Gasteiger partial charge in [-0.15, -0.1) is 0 Å². The number of nitrogens with one attached hydrogen (secondary N) is 10. The summed E-state index contributed by atoms with van der Waals surface area (Å²) in [6.07, 6.45) is -1.79. The molecule has 4 aromatic carbocycles. The van der Waals surface area contributed by atoms with E-state index in [0.29, 0.717) is 39.6 Å². The lowest BCUT2D eigenvalue weighted by atomic mass is 10.0. The van der Waals surface area contributed by atoms with E-state index < -0.39 is 125 Å². The predicted molar refractivity (Wildman–Crippen MR) is 334 cm³/mol. The lowest BCUT2D eigenvalue weighted by Gasteiger charge is -2.29. The summed E-state index contributed by atoms with van der Waals surface area (Å²) in [4.78, 5) is 144. The Bertz CT molecular complexity index is 3190. The molecule has 10 atom stereocenters. The van der Waals surface area contributed by atoms with Gasteiger partial charge in [-0.2, -0.15) is 0 Å². The van der Waals surface area contributed by atoms with Crippen LogP contribution in [0.15, 0.2) is 109 Å². The Hall–Kier alpha value is -7.77. The highest BCUT2D eigenvalue weighted by Gasteiger charge is 2.37. The van der Waals surface area contributed by atoms with Crippen LogP contribution in [0.2, 0.25) is 0 Å². The summed E-state index contributed by atoms with van der Waals surface area (Å²) in [5.41, 5.74) is 8.49. The maximum atomic E-state index is 15.0. The van der Waals surface area contributed by atoms with E-state index in [0.717, 1.165) is 32.1 Å². The number of aromatic amines is 1. The van der Waals surface area contributed by atoms with Crippen molar-refractivity contribution in [2.45, 2.75) is 119 Å². The summed E-state index contributed by atoms with van der Waals surface area (Å²) < 4.78 is 0.913. The Morgan fingerprint density at radius 3 is 2.00 bits per heavy atom. The number of aliphatic carboxylic acids is 1. The van der Waals surface area contributed by atoms with E-state index in [4.69, 9.17) is 5.73 Å². The summed E-state index contributed by atoms with van der Waals surface area (Å²) in [6, 6.07) is 15.6. The molecule has 2 unspecified atom stereocenters. The molecule has 1 saturated heterocycles. The molecule has 0 saturated carbocycles. The van der Waals surface area contributed by atoms with Crippen LogP contribution in [0.5, 0.6) is 5.75 Å². The molecule has 16 N–H and O–H groups in total. The van der Waals surface area contributed by atoms with Gasteiger partial charge in [0, 0.05) is 70.0 Å². The highest BCUT2D eigenvalue weighted by molar-refractivity contribution is 14.1. The van der Waals surface area contributed by atoms with Gasteiger partial charge in [-0.3, -0.25) is 43.2 Å². The number of nitrogens with two attached hydrogens (primary N) is 1. The van der Waals surface area contributed by atoms with Crippen LogP contribution in [-0.2, 0) is 62.4 Å². The maximum absolute atomic E-state index is 15.0. The number of phenols is 1. The molecule has 5 aromatic rings. The van der Waals surface area contributed by atoms with Gasteiger partial charge in [0.25, 0.3) is 5.91 Å². The van der Waals surface area contributed by atoms with Crippen molar-refractivity contribution in [2.75, 3.05) is 24.6 Å². The number of hydrogen-bond donors (Lipinski definition) is 15. The number of phenolic OH excluding ortho intramolecular Hbond substituents is 1. The first-order valence-corrected chi connectivity index (χ1v) is 31.5. The van der Waals surface area contributed by atoms with E-state index in [-0.39, 0.29) is 63.1 Å². The van der Waals surface area contributed by atoms with E-state index in [1.165, 1.54) is 31.2 Å². The Morgan fingerprint density at radius 1 is 0.701 bits per heavy atom. The third kappa shape index (κ3) is 21.3. The lowest BCUT2D eigenvalue weighted by Crippen LogP contribution is -2.62. The second kappa shape index (κ2) is 34.0. The van der Waals surface area contributed by atoms with Crippen LogP contribution in [0.1, 0.15) is 66.6 Å². The average molecular weight is 1350 g/mol. The van der Waals surface area contributed by atoms with Crippen LogP contribution < -0.4 is 53.6 Å². The molecule has 1 aliphatic heterocycles. The van der Waals surface area contributed by atoms with E-state index in [1.54, 1.807) is 85.1 Å². The first-order valence-electron chi connectivity index (χ1n) is 28.0. The zero-order chi connectivity index (χ0) is 63.2. The number of aliphatic hydroxyl groups is 2. The molecule has 0 spiro atoms. The van der Waals surface area contributed by atoms with E-state index in [9.17, 15) is 58.8 Å². The Morgan fingerprint density at radius 2 is 1.33 bits per heavy atom. The van der Waals surface area contributed by atoms with Crippen molar-refractivity contribution in [1.82, 2.24) is 52.8 Å². The number of aliphatic hydroxyl groups excluding tert-OH is 2. The molecule has 1 fully saturated rings. The molecule has 0 radical (unpaired) electrons. The van der Waals surface area contributed by atoms with Gasteiger partial charge in [0.2, 0.25) is 47.3 Å². The predicted octanol–water partition coefficient (Wildman–Crippen LogP) is 0.575. The number of carboxylic acids is 1. The van der Waals surface area contributed by atoms with Gasteiger partial charge in [-0.25, -0.2) is 4.79 Å². The fraction of sp³-hybridized carbons (Fsp3) is 0.390. The monoisotopic (exact) mass is 1350 g/mol. The molecule has 87 heavy (non-hydrogen) atoms. The molecule has 466 valence electrons. The second-order valence-electron chi connectivity index (χ2n) is 20.7. The zero-order valence-corrected chi connectivity index (χ0v) is 51.4. The van der Waals surface area contributed by atoms with Gasteiger partial charge in [0.1, 0.15) is 48.0 Å². The number of para-hydroxylation sites is 1. The molecule has 9 amide bonds. The largest absolute Gasteiger partial charge is 0.508 e. The lowest BCUT2D eigenvalue weighted by molar-refractivity contribution is -0.145. The number of benzene rings is 4. The standard InChI is InChI=1S/C59H72IN11O14S2/c1-32(72)49-58(83)69-47(57(82)71-50(33(2)73)59(84)85)31-87-86-30-46(68-53(78)43(26-34-10-4-3-5-11-34)64-48(75)23-25-62-51(76)36-17-19-38(60)20-18-36)56(81)66-44(27-35-15-21-39(74)22-16-35)54(79)67-45(28-37-29-63-41-13-7-6-12-40(37)41)55(80)65-42(52(77)70-49)14-8-9-24-61/h3-7,10-13,15-22,29,32-33,42-47,49-50,63,72-74H,8-9,14,23-28,30-31,61H2,1-2H3,(H,62,76)(H,64,75)(H,65,80)(H,66,81)(H,67,79)(H,68,78)(H,69,83)(H,70,77)(H,71,82)(H,84,85)/t32?,33?,42-,43+,44-,45+,46-,47-,49-,50-/m0/s1/i60-2. The quantitative estimate of drug-likeness (QED) is 0.0256. The summed E-state index contributed by atoms with van der Waals surface area (Å²) in [5, 5.41) is 65.5. The molecular formula is C59H72IN11O14S2. The molecule has 2 heterocycles. The van der Waals surface area contributed by atoms with Gasteiger partial charge in [-0.05, 0) is 121 Å². The van der Waals surface area contributed by atoms with Crippen molar-refractivity contribution >= 4 is 114 Å². The van der Waals surface area contributed by atoms with Gasteiger partial charge in [0.15, 0.2) is 6.04 Å². The number of aromatic hydroxyl groups is 1. The minimum atomic E-state index is -1.87. The molecule has 28 heteroatoms. The van der Waals surface area contributed by atoms with Crippen LogP contribution in [-0.4, -0.2) is 170 Å². The van der Waals surface area contributed by atoms with Gasteiger partial charge >= 0.3 is 5.97 Å². The number of carboxylic acid groups (broad SMARTS) is 1. The molecule has 25 nitrogen and oxygen atoms in total. The smallest absolute Gasteiger partial charge is 0.328 e. The molecule has 0 aliphatic carbocycles. The minimum absolute atomic E-state index is 0.0550. The fourth-order valence-corrected chi connectivity index (χ4v) is 11.8. The van der Waals surface area contributed by atoms with Gasteiger partial charge < -0.3 is 79.0 Å². The summed E-state index contributed by atoms with van der Waals surface area (Å²) in [7, 11) is 1.75. The van der Waals surface area contributed by atoms with Crippen LogP contribution in [0.4, 0.5) is 0 Å². The topological polar surface area (TPSA) is 402 Å². The first-order chi connectivity index (χ1) is 41.6. The highest BCUT2D eigenvalue weighted by atomic mass is 125. The highest BCUT2D eigenvalue weighted by Crippen LogP contribution is 2.25. The summed E-state index contributed by atoms with van der Waals surface area (Å²) in [5.74, 6) is -10.3. The number of rotatable bonds is 22. The van der Waals surface area contributed by atoms with E-state index >= 15 is 9.59 Å². The summed E-state index contributed by atoms with van der Waals surface area (Å²) >= 11 is 2.10. The van der Waals surface area contributed by atoms with Crippen molar-refractivity contribution in [3.63, 3.8) is 0 Å². The average Bonchev–Trinajstić information content (AvgIpc) is 3.06. The second-order valence-corrected chi connectivity index (χ2v) is 24.5. The Labute approximate surface area is 523 Å². The Balaban J connectivity index is 1.40. The van der Waals surface area contributed by atoms with Crippen LogP contribution >= 0.6 is 44.2 Å². The molecule has 1 aromatic heterocycles. The SMILES string of the molecule is CC(O)[C@H](NC(=O)[C@@H]1CSSC[C@H](NC(=O)[C@@H](Cc2ccccc2)NC(=O)CCNC(=O)c2ccc([125I])cc2)C(=O)N[C@@H](Cc2ccc(O)cc2)C(=O)N[C@H](Cc2c[nH]c3ccccc23)C(=O)N[C@@H](CCCCN)C(=O)N[C@@H](C(C)O)C(=O)N1)C(=O)O. The molecular weight excluding hydrogens is 1280 g/mol. The van der Waals surface area contributed by atoms with Crippen molar-refractivity contribution in [1.29, 1.82) is 0 Å². The molecule has 0 bridgehead atoms. The minimum Gasteiger partial charge on any atom is -0.508 e. The number of halogens is 1. The molecule has 1 aliphatic rings. The van der Waals surface area contributed by atoms with Crippen molar-refractivity contribution in [2.24, 2.45) is 5.73 Å². The van der Waals surface area contributed by atoms with Gasteiger partial charge in [-0.1, -0.05) is 82.3 Å². The van der Waals surface area contributed by atoms with Crippen molar-refractivity contribution in [3.8, 4) is 5.75 Å². The third-order valence-corrected chi connectivity index (χ3v) is 17.1. The third-order valence-electron chi connectivity index (χ3n) is 13.9. The van der Waals surface area contributed by atoms with Crippen molar-refractivity contribution in [3.05, 3.63) is 135 Å². The van der Waals surface area contributed by atoms with Crippen LogP contribution in [0.25, 0.3) is 10.9 Å². The number of hydrogen-bond acceptors (Lipinski definition) is 16. The number of carbonyl (C=O) groups is 10. The van der Waals surface area contributed by atoms with E-state index in [2.05, 4.69) is 75.4 Å². The Kier molecular flexibility index (Phi) is 26.7. The molecule has 6 rings (SSSR count). The number of fused-ring (bicyclic) bond motifs is 1. The number of aromatic nitrogens is 1. The normalized spacial score (nSPS) is 20.6. The maximum Gasteiger partial charge on any atom is 0.328 e. The van der Waals surface area contributed by atoms with E-state index in [1.807, 2.05) is 0 Å². The van der Waals surface area contributed by atoms with Crippen molar-refractivity contribution < 1.29 is 68.4 Å². The number of unbranched alkanes of at least 4 members (excludes halogenated alkanes) is 1. The van der Waals surface area contributed by atoms with Crippen LogP contribution in [0, 0.1) is 3.57 Å². The van der Waals surface area contributed by atoms with Crippen LogP contribution in [0.3, 0.4) is 0 Å². The van der Waals surface area contributed by atoms with Gasteiger partial charge in [0.05, 0.1) is 12.2 Å². The number of amides is 9.